The number of para-hydroxylation sites is 1. The molecule has 0 fully saturated rings. The number of aliphatic hydroxyl groups is 1. The fourth-order valence-electron chi connectivity index (χ4n) is 4.10. The third-order valence-electron chi connectivity index (χ3n) is 5.59. The molecule has 35 heavy (non-hydrogen) atoms. The second-order valence-corrected chi connectivity index (χ2v) is 9.54. The smallest absolute Gasteiger partial charge is 0.411 e. The number of carbonyl (C=O) groups is 2. The molecule has 1 aliphatic rings. The summed E-state index contributed by atoms with van der Waals surface area (Å²) < 4.78 is 32.7. The first-order valence-corrected chi connectivity index (χ1v) is 11.4. The fraction of sp³-hybridized carbons (Fsp3) is 0.440. The molecule has 3 rings (SSSR count). The molecule has 2 amide bonds. The molecule has 0 aliphatic carbocycles. The Hall–Kier alpha value is -3.24. The predicted molar refractivity (Wildman–Crippen MR) is 126 cm³/mol. The molecule has 190 valence electrons. The van der Waals surface area contributed by atoms with Gasteiger partial charge < -0.3 is 25.6 Å². The number of nitrogens with zero attached hydrogens (tertiary/aromatic N) is 1. The summed E-state index contributed by atoms with van der Waals surface area (Å²) >= 11 is 0. The van der Waals surface area contributed by atoms with Crippen molar-refractivity contribution in [2.75, 3.05) is 18.0 Å². The first kappa shape index (κ1) is 26.4. The van der Waals surface area contributed by atoms with Crippen molar-refractivity contribution in [3.8, 4) is 0 Å². The maximum absolute atomic E-state index is 13.7. The standard InChI is InChI=1S/C25H31F2N3O5/c1-25(2,3)35-23(32)29-20(12-15-10-16(26)13-17(27)11-15)22(31)14-28-19-8-9-30(24(33)34)21-7-5-4-6-18(19)21/h4-7,10-11,13,19-20,22,28,31H,8-9,12,14H2,1-3H3,(H,29,32)(H,33,34)/t19?,20-,22+/m0/s1. The van der Waals surface area contributed by atoms with Gasteiger partial charge in [0.1, 0.15) is 17.2 Å². The Labute approximate surface area is 202 Å². The summed E-state index contributed by atoms with van der Waals surface area (Å²) in [5.41, 5.74) is 0.835. The summed E-state index contributed by atoms with van der Waals surface area (Å²) in [4.78, 5) is 25.2. The van der Waals surface area contributed by atoms with Crippen molar-refractivity contribution >= 4 is 17.9 Å². The molecule has 3 atom stereocenters. The van der Waals surface area contributed by atoms with Gasteiger partial charge in [-0.3, -0.25) is 4.90 Å². The van der Waals surface area contributed by atoms with Crippen LogP contribution >= 0.6 is 0 Å². The Bertz CT molecular complexity index is 1040. The number of rotatable bonds is 7. The van der Waals surface area contributed by atoms with Gasteiger partial charge >= 0.3 is 12.2 Å². The molecule has 10 heteroatoms. The number of aliphatic hydroxyl groups excluding tert-OH is 1. The maximum Gasteiger partial charge on any atom is 0.411 e. The highest BCUT2D eigenvalue weighted by molar-refractivity contribution is 5.88. The number of hydrogen-bond acceptors (Lipinski definition) is 5. The van der Waals surface area contributed by atoms with Crippen LogP contribution in [0.3, 0.4) is 0 Å². The van der Waals surface area contributed by atoms with E-state index in [1.165, 1.54) is 4.90 Å². The number of nitrogens with one attached hydrogen (secondary N) is 2. The highest BCUT2D eigenvalue weighted by Crippen LogP contribution is 2.33. The van der Waals surface area contributed by atoms with E-state index in [1.54, 1.807) is 39.0 Å². The van der Waals surface area contributed by atoms with Crippen LogP contribution in [0.4, 0.5) is 24.1 Å². The molecule has 2 aromatic carbocycles. The van der Waals surface area contributed by atoms with Gasteiger partial charge in [-0.2, -0.15) is 0 Å². The SMILES string of the molecule is CC(C)(C)OC(=O)N[C@@H](Cc1cc(F)cc(F)c1)[C@H](O)CNC1CCN(C(=O)O)c2ccccc21. The lowest BCUT2D eigenvalue weighted by Crippen LogP contribution is -2.50. The molecule has 0 radical (unpaired) electrons. The van der Waals surface area contributed by atoms with E-state index >= 15 is 0 Å². The van der Waals surface area contributed by atoms with E-state index in [4.69, 9.17) is 4.74 Å². The monoisotopic (exact) mass is 491 g/mol. The molecule has 0 saturated heterocycles. The molecule has 1 aliphatic heterocycles. The molecule has 0 bridgehead atoms. The molecular formula is C25H31F2N3O5. The first-order chi connectivity index (χ1) is 16.4. The van der Waals surface area contributed by atoms with E-state index in [2.05, 4.69) is 10.6 Å². The lowest BCUT2D eigenvalue weighted by molar-refractivity contribution is 0.0419. The van der Waals surface area contributed by atoms with Crippen LogP contribution in [0.5, 0.6) is 0 Å². The third kappa shape index (κ3) is 7.37. The minimum atomic E-state index is -1.14. The van der Waals surface area contributed by atoms with Crippen LogP contribution in [0.25, 0.3) is 0 Å². The molecule has 1 unspecified atom stereocenters. The van der Waals surface area contributed by atoms with E-state index in [9.17, 15) is 28.6 Å². The van der Waals surface area contributed by atoms with Crippen LogP contribution < -0.4 is 15.5 Å². The van der Waals surface area contributed by atoms with Crippen molar-refractivity contribution in [1.29, 1.82) is 0 Å². The van der Waals surface area contributed by atoms with Crippen LogP contribution in [0.1, 0.15) is 44.4 Å². The van der Waals surface area contributed by atoms with Gasteiger partial charge in [0.2, 0.25) is 0 Å². The average Bonchev–Trinajstić information content (AvgIpc) is 2.74. The highest BCUT2D eigenvalue weighted by Gasteiger charge is 2.30. The van der Waals surface area contributed by atoms with Crippen LogP contribution in [-0.4, -0.2) is 53.2 Å². The zero-order chi connectivity index (χ0) is 25.8. The van der Waals surface area contributed by atoms with Crippen molar-refractivity contribution in [2.24, 2.45) is 0 Å². The van der Waals surface area contributed by atoms with Gasteiger partial charge in [0, 0.05) is 25.2 Å². The lowest BCUT2D eigenvalue weighted by atomic mass is 9.95. The van der Waals surface area contributed by atoms with Gasteiger partial charge in [-0.15, -0.1) is 0 Å². The summed E-state index contributed by atoms with van der Waals surface area (Å²) in [7, 11) is 0. The largest absolute Gasteiger partial charge is 0.465 e. The van der Waals surface area contributed by atoms with Crippen molar-refractivity contribution in [3.05, 3.63) is 65.2 Å². The van der Waals surface area contributed by atoms with Crippen molar-refractivity contribution in [2.45, 2.75) is 57.4 Å². The zero-order valence-electron chi connectivity index (χ0n) is 19.9. The Morgan fingerprint density at radius 2 is 1.83 bits per heavy atom. The Morgan fingerprint density at radius 3 is 2.46 bits per heavy atom. The molecule has 0 aromatic heterocycles. The van der Waals surface area contributed by atoms with E-state index in [0.717, 1.165) is 23.8 Å². The number of alkyl carbamates (subject to hydrolysis) is 1. The number of carboxylic acid groups (broad SMARTS) is 1. The average molecular weight is 492 g/mol. The summed E-state index contributed by atoms with van der Waals surface area (Å²) in [6, 6.07) is 9.00. The number of benzene rings is 2. The van der Waals surface area contributed by atoms with Crippen LogP contribution in [0, 0.1) is 11.6 Å². The van der Waals surface area contributed by atoms with Gasteiger partial charge in [-0.25, -0.2) is 18.4 Å². The molecule has 4 N–H and O–H groups in total. The number of hydrogen-bond donors (Lipinski definition) is 4. The quantitative estimate of drug-likeness (QED) is 0.466. The Morgan fingerprint density at radius 1 is 1.17 bits per heavy atom. The third-order valence-corrected chi connectivity index (χ3v) is 5.59. The Balaban J connectivity index is 1.74. The topological polar surface area (TPSA) is 111 Å². The number of halogens is 2. The molecular weight excluding hydrogens is 460 g/mol. The number of ether oxygens (including phenoxy) is 1. The van der Waals surface area contributed by atoms with E-state index in [0.29, 0.717) is 12.1 Å². The van der Waals surface area contributed by atoms with Crippen LogP contribution in [0.15, 0.2) is 42.5 Å². The minimum absolute atomic E-state index is 0.0321. The maximum atomic E-state index is 13.7. The lowest BCUT2D eigenvalue weighted by Gasteiger charge is -2.34. The minimum Gasteiger partial charge on any atom is -0.465 e. The van der Waals surface area contributed by atoms with Crippen LogP contribution in [0.2, 0.25) is 0 Å². The zero-order valence-corrected chi connectivity index (χ0v) is 19.9. The van der Waals surface area contributed by atoms with Gasteiger partial charge in [0.25, 0.3) is 0 Å². The van der Waals surface area contributed by atoms with Crippen molar-refractivity contribution in [3.63, 3.8) is 0 Å². The second-order valence-electron chi connectivity index (χ2n) is 9.54. The molecule has 8 nitrogen and oxygen atoms in total. The number of amides is 2. The summed E-state index contributed by atoms with van der Waals surface area (Å²) in [6.07, 6.45) is -2.50. The first-order valence-electron chi connectivity index (χ1n) is 11.4. The normalized spacial score (nSPS) is 17.3. The molecule has 2 aromatic rings. The van der Waals surface area contributed by atoms with Gasteiger partial charge in [-0.1, -0.05) is 18.2 Å². The van der Waals surface area contributed by atoms with Crippen LogP contribution in [-0.2, 0) is 11.2 Å². The van der Waals surface area contributed by atoms with Gasteiger partial charge in [0.05, 0.1) is 17.8 Å². The summed E-state index contributed by atoms with van der Waals surface area (Å²) in [6.45, 7) is 5.40. The van der Waals surface area contributed by atoms with Gasteiger partial charge in [-0.05, 0) is 62.9 Å². The van der Waals surface area contributed by atoms with Gasteiger partial charge in [0.15, 0.2) is 0 Å². The Kier molecular flexibility index (Phi) is 8.29. The summed E-state index contributed by atoms with van der Waals surface area (Å²) in [5.74, 6) is -1.52. The van der Waals surface area contributed by atoms with E-state index in [1.807, 2.05) is 6.07 Å². The number of fused-ring (bicyclic) bond motifs is 1. The second kappa shape index (κ2) is 11.0. The van der Waals surface area contributed by atoms with Crippen molar-refractivity contribution < 1.29 is 33.3 Å². The molecule has 0 spiro atoms. The summed E-state index contributed by atoms with van der Waals surface area (Å²) in [5, 5.41) is 26.3. The highest BCUT2D eigenvalue weighted by atomic mass is 19.1. The molecule has 0 saturated carbocycles. The number of carbonyl (C=O) groups excluding carboxylic acids is 1. The van der Waals surface area contributed by atoms with E-state index in [-0.39, 0.29) is 31.1 Å². The van der Waals surface area contributed by atoms with E-state index < -0.39 is 41.6 Å². The fourth-order valence-corrected chi connectivity index (χ4v) is 4.10. The van der Waals surface area contributed by atoms with Crippen molar-refractivity contribution in [1.82, 2.24) is 10.6 Å². The molecule has 1 heterocycles. The number of anilines is 1. The predicted octanol–water partition coefficient (Wildman–Crippen LogP) is 3.98.